The number of nitrogens with zero attached hydrogens (tertiary/aromatic N) is 3. The quantitative estimate of drug-likeness (QED) is 0.794. The summed E-state index contributed by atoms with van der Waals surface area (Å²) in [5.41, 5.74) is 0. The summed E-state index contributed by atoms with van der Waals surface area (Å²) in [6.45, 7) is 2.42. The van der Waals surface area contributed by atoms with Crippen molar-refractivity contribution in [2.45, 2.75) is 19.4 Å². The zero-order chi connectivity index (χ0) is 12.1. The van der Waals surface area contributed by atoms with Crippen LogP contribution in [0.3, 0.4) is 0 Å². The predicted molar refractivity (Wildman–Crippen MR) is 63.2 cm³/mol. The van der Waals surface area contributed by atoms with Crippen molar-refractivity contribution in [2.24, 2.45) is 0 Å². The lowest BCUT2D eigenvalue weighted by molar-refractivity contribution is 0.186. The van der Waals surface area contributed by atoms with Gasteiger partial charge in [0.15, 0.2) is 16.7 Å². The summed E-state index contributed by atoms with van der Waals surface area (Å²) in [4.78, 5) is 9.83. The minimum Gasteiger partial charge on any atom is -0.490 e. The second-order valence-corrected chi connectivity index (χ2v) is 3.94. The Labute approximate surface area is 100 Å². The highest BCUT2D eigenvalue weighted by molar-refractivity contribution is 6.31. The standard InChI is InChI=1S/C10H16ClN3O2/c1-7(15)4-5-14(2)10-8(16-3)9(11)12-6-13-10/h6-7,15H,4-5H2,1-3H3. The molecule has 1 atom stereocenters. The van der Waals surface area contributed by atoms with Crippen molar-refractivity contribution in [3.8, 4) is 5.75 Å². The third-order valence-electron chi connectivity index (χ3n) is 2.19. The molecule has 0 fully saturated rings. The van der Waals surface area contributed by atoms with E-state index in [-0.39, 0.29) is 11.3 Å². The first-order valence-corrected chi connectivity index (χ1v) is 5.37. The first-order valence-electron chi connectivity index (χ1n) is 5.00. The van der Waals surface area contributed by atoms with Gasteiger partial charge in [-0.3, -0.25) is 0 Å². The molecule has 0 aromatic carbocycles. The molecular weight excluding hydrogens is 230 g/mol. The normalized spacial score (nSPS) is 12.3. The number of halogens is 1. The van der Waals surface area contributed by atoms with E-state index in [1.165, 1.54) is 13.4 Å². The summed E-state index contributed by atoms with van der Waals surface area (Å²) in [6, 6.07) is 0. The molecule has 1 unspecified atom stereocenters. The van der Waals surface area contributed by atoms with E-state index < -0.39 is 0 Å². The van der Waals surface area contributed by atoms with Gasteiger partial charge in [-0.05, 0) is 13.3 Å². The van der Waals surface area contributed by atoms with Crippen LogP contribution in [0.4, 0.5) is 5.82 Å². The van der Waals surface area contributed by atoms with Gasteiger partial charge in [-0.1, -0.05) is 11.6 Å². The zero-order valence-electron chi connectivity index (χ0n) is 9.64. The molecule has 0 saturated carbocycles. The van der Waals surface area contributed by atoms with Crippen LogP contribution in [0.5, 0.6) is 5.75 Å². The minimum atomic E-state index is -0.342. The molecule has 1 aromatic heterocycles. The lowest BCUT2D eigenvalue weighted by atomic mass is 10.3. The lowest BCUT2D eigenvalue weighted by Crippen LogP contribution is -2.23. The number of hydrogen-bond acceptors (Lipinski definition) is 5. The highest BCUT2D eigenvalue weighted by Gasteiger charge is 2.14. The van der Waals surface area contributed by atoms with Gasteiger partial charge < -0.3 is 14.7 Å². The van der Waals surface area contributed by atoms with E-state index >= 15 is 0 Å². The van der Waals surface area contributed by atoms with E-state index in [1.807, 2.05) is 11.9 Å². The van der Waals surface area contributed by atoms with Crippen LogP contribution in [-0.4, -0.2) is 41.9 Å². The largest absolute Gasteiger partial charge is 0.490 e. The van der Waals surface area contributed by atoms with Crippen LogP contribution in [0.1, 0.15) is 13.3 Å². The highest BCUT2D eigenvalue weighted by Crippen LogP contribution is 2.30. The lowest BCUT2D eigenvalue weighted by Gasteiger charge is -2.20. The summed E-state index contributed by atoms with van der Waals surface area (Å²) in [6.07, 6.45) is 1.70. The average molecular weight is 246 g/mol. The maximum Gasteiger partial charge on any atom is 0.199 e. The number of methoxy groups -OCH3 is 1. The summed E-state index contributed by atoms with van der Waals surface area (Å²) >= 11 is 5.88. The summed E-state index contributed by atoms with van der Waals surface area (Å²) in [7, 11) is 3.39. The number of hydrogen-bond donors (Lipinski definition) is 1. The number of anilines is 1. The molecule has 0 spiro atoms. The van der Waals surface area contributed by atoms with Crippen molar-refractivity contribution >= 4 is 17.4 Å². The second-order valence-electron chi connectivity index (χ2n) is 3.58. The molecule has 1 heterocycles. The molecule has 1 aromatic rings. The number of aliphatic hydroxyl groups is 1. The van der Waals surface area contributed by atoms with E-state index in [0.29, 0.717) is 24.5 Å². The van der Waals surface area contributed by atoms with Crippen molar-refractivity contribution < 1.29 is 9.84 Å². The summed E-state index contributed by atoms with van der Waals surface area (Å²) in [5, 5.41) is 9.50. The number of rotatable bonds is 5. The van der Waals surface area contributed by atoms with E-state index in [4.69, 9.17) is 16.3 Å². The van der Waals surface area contributed by atoms with Gasteiger partial charge in [0, 0.05) is 13.6 Å². The third-order valence-corrected chi connectivity index (χ3v) is 2.46. The van der Waals surface area contributed by atoms with Crippen molar-refractivity contribution in [2.75, 3.05) is 25.6 Å². The van der Waals surface area contributed by atoms with Crippen molar-refractivity contribution in [1.29, 1.82) is 0 Å². The molecule has 0 aliphatic carbocycles. The van der Waals surface area contributed by atoms with Gasteiger partial charge in [0.05, 0.1) is 13.2 Å². The average Bonchev–Trinajstić information content (AvgIpc) is 2.25. The third kappa shape index (κ3) is 3.21. The number of aliphatic hydroxyl groups excluding tert-OH is 1. The Bertz CT molecular complexity index is 347. The Kier molecular flexibility index (Phi) is 4.76. The van der Waals surface area contributed by atoms with Crippen LogP contribution in [0, 0.1) is 0 Å². The minimum absolute atomic E-state index is 0.288. The Morgan fingerprint density at radius 3 is 2.81 bits per heavy atom. The fourth-order valence-electron chi connectivity index (χ4n) is 1.28. The van der Waals surface area contributed by atoms with E-state index in [0.717, 1.165) is 0 Å². The van der Waals surface area contributed by atoms with Gasteiger partial charge in [0.1, 0.15) is 6.33 Å². The molecule has 1 rings (SSSR count). The number of ether oxygens (including phenoxy) is 1. The predicted octanol–water partition coefficient (Wildman–Crippen LogP) is 1.35. The highest BCUT2D eigenvalue weighted by atomic mass is 35.5. The van der Waals surface area contributed by atoms with Crippen LogP contribution in [0.25, 0.3) is 0 Å². The fraction of sp³-hybridized carbons (Fsp3) is 0.600. The molecule has 0 radical (unpaired) electrons. The molecule has 0 amide bonds. The maximum atomic E-state index is 9.21. The maximum absolute atomic E-state index is 9.21. The molecule has 0 aliphatic rings. The molecule has 0 bridgehead atoms. The van der Waals surface area contributed by atoms with E-state index in [2.05, 4.69) is 9.97 Å². The number of aromatic nitrogens is 2. The molecule has 16 heavy (non-hydrogen) atoms. The zero-order valence-corrected chi connectivity index (χ0v) is 10.4. The first kappa shape index (κ1) is 13.0. The van der Waals surface area contributed by atoms with Crippen molar-refractivity contribution in [1.82, 2.24) is 9.97 Å². The summed E-state index contributed by atoms with van der Waals surface area (Å²) < 4.78 is 5.14. The van der Waals surface area contributed by atoms with Crippen LogP contribution < -0.4 is 9.64 Å². The monoisotopic (exact) mass is 245 g/mol. The van der Waals surface area contributed by atoms with Gasteiger partial charge in [0.25, 0.3) is 0 Å². The van der Waals surface area contributed by atoms with Gasteiger partial charge in [0.2, 0.25) is 0 Å². The van der Waals surface area contributed by atoms with Gasteiger partial charge in [-0.25, -0.2) is 9.97 Å². The van der Waals surface area contributed by atoms with Crippen LogP contribution in [0.2, 0.25) is 5.15 Å². The Morgan fingerprint density at radius 1 is 1.56 bits per heavy atom. The van der Waals surface area contributed by atoms with Crippen molar-refractivity contribution in [3.63, 3.8) is 0 Å². The van der Waals surface area contributed by atoms with Gasteiger partial charge in [-0.2, -0.15) is 0 Å². The summed E-state index contributed by atoms with van der Waals surface area (Å²) in [5.74, 6) is 1.08. The van der Waals surface area contributed by atoms with Crippen molar-refractivity contribution in [3.05, 3.63) is 11.5 Å². The SMILES string of the molecule is COc1c(Cl)ncnc1N(C)CCC(C)O. The van der Waals surface area contributed by atoms with E-state index in [1.54, 1.807) is 6.92 Å². The molecule has 1 N–H and O–H groups in total. The van der Waals surface area contributed by atoms with E-state index in [9.17, 15) is 5.11 Å². The molecule has 90 valence electrons. The molecule has 5 nitrogen and oxygen atoms in total. The first-order chi connectivity index (χ1) is 7.56. The Morgan fingerprint density at radius 2 is 2.25 bits per heavy atom. The van der Waals surface area contributed by atoms with Gasteiger partial charge >= 0.3 is 0 Å². The van der Waals surface area contributed by atoms with Crippen LogP contribution in [-0.2, 0) is 0 Å². The topological polar surface area (TPSA) is 58.5 Å². The molecule has 0 aliphatic heterocycles. The Hall–Kier alpha value is -1.07. The fourth-order valence-corrected chi connectivity index (χ4v) is 1.48. The van der Waals surface area contributed by atoms with Gasteiger partial charge in [-0.15, -0.1) is 0 Å². The van der Waals surface area contributed by atoms with Crippen LogP contribution in [0.15, 0.2) is 6.33 Å². The smallest absolute Gasteiger partial charge is 0.199 e. The second kappa shape index (κ2) is 5.86. The molecule has 0 saturated heterocycles. The molecular formula is C10H16ClN3O2. The molecule has 6 heteroatoms. The van der Waals surface area contributed by atoms with Crippen LogP contribution >= 0.6 is 11.6 Å². The Balaban J connectivity index is 2.82.